The summed E-state index contributed by atoms with van der Waals surface area (Å²) in [5, 5.41) is 13.1. The van der Waals surface area contributed by atoms with Gasteiger partial charge in [-0.25, -0.2) is 0 Å². The van der Waals surface area contributed by atoms with Gasteiger partial charge in [-0.1, -0.05) is 17.7 Å². The van der Waals surface area contributed by atoms with Crippen LogP contribution in [0.5, 0.6) is 5.75 Å². The third-order valence-electron chi connectivity index (χ3n) is 2.39. The molecular weight excluding hydrogens is 268 g/mol. The molecule has 0 heterocycles. The smallest absolute Gasteiger partial charge is 0.236 e. The van der Waals surface area contributed by atoms with E-state index in [1.807, 2.05) is 0 Å². The lowest BCUT2D eigenvalue weighted by molar-refractivity contribution is -0.127. The van der Waals surface area contributed by atoms with Crippen molar-refractivity contribution >= 4 is 17.5 Å². The van der Waals surface area contributed by atoms with Crippen LogP contribution in [0.25, 0.3) is 0 Å². The molecule has 1 rings (SSSR count). The average Bonchev–Trinajstić information content (AvgIpc) is 2.36. The van der Waals surface area contributed by atoms with Gasteiger partial charge >= 0.3 is 0 Å². The minimum absolute atomic E-state index is 0.0389. The number of aliphatic hydroxyl groups is 1. The van der Waals surface area contributed by atoms with Crippen LogP contribution in [-0.2, 0) is 4.79 Å². The number of carbonyl (C=O) groups excluding carboxylic acids is 1. The Kier molecular flexibility index (Phi) is 6.62. The van der Waals surface area contributed by atoms with Crippen molar-refractivity contribution in [1.82, 2.24) is 10.2 Å². The molecule has 0 spiro atoms. The number of benzene rings is 1. The molecule has 0 fully saturated rings. The van der Waals surface area contributed by atoms with Crippen LogP contribution < -0.4 is 10.1 Å². The summed E-state index contributed by atoms with van der Waals surface area (Å²) in [6.07, 6.45) is -0.686. The molecule has 1 aromatic rings. The molecule has 0 aliphatic heterocycles. The van der Waals surface area contributed by atoms with E-state index < -0.39 is 6.10 Å². The van der Waals surface area contributed by atoms with Gasteiger partial charge in [0.15, 0.2) is 0 Å². The lowest BCUT2D eigenvalue weighted by Gasteiger charge is -2.15. The van der Waals surface area contributed by atoms with Crippen LogP contribution in [0.1, 0.15) is 0 Å². The topological polar surface area (TPSA) is 61.8 Å². The van der Waals surface area contributed by atoms with Crippen LogP contribution in [0.15, 0.2) is 24.3 Å². The fraction of sp³-hybridized carbons (Fsp3) is 0.462. The number of nitrogens with zero attached hydrogens (tertiary/aromatic N) is 1. The Balaban J connectivity index is 2.21. The summed E-state index contributed by atoms with van der Waals surface area (Å²) in [6.45, 7) is 0.630. The van der Waals surface area contributed by atoms with Crippen molar-refractivity contribution in [2.24, 2.45) is 0 Å². The maximum atomic E-state index is 11.3. The fourth-order valence-corrected chi connectivity index (χ4v) is 1.49. The van der Waals surface area contributed by atoms with Crippen molar-refractivity contribution in [3.05, 3.63) is 29.3 Å². The highest BCUT2D eigenvalue weighted by molar-refractivity contribution is 6.30. The van der Waals surface area contributed by atoms with Crippen LogP contribution in [-0.4, -0.2) is 55.8 Å². The Labute approximate surface area is 118 Å². The van der Waals surface area contributed by atoms with E-state index in [0.717, 1.165) is 0 Å². The SMILES string of the molecule is CN(C)C(=O)CNCC(O)COc1cccc(Cl)c1. The largest absolute Gasteiger partial charge is 0.491 e. The molecule has 6 heteroatoms. The molecule has 0 aromatic heterocycles. The van der Waals surface area contributed by atoms with Crippen molar-refractivity contribution < 1.29 is 14.6 Å². The van der Waals surface area contributed by atoms with Gasteiger partial charge in [0.2, 0.25) is 5.91 Å². The van der Waals surface area contributed by atoms with E-state index in [2.05, 4.69) is 5.32 Å². The first-order chi connectivity index (χ1) is 8.99. The highest BCUT2D eigenvalue weighted by Gasteiger charge is 2.08. The zero-order valence-electron chi connectivity index (χ0n) is 11.1. The first-order valence-electron chi connectivity index (χ1n) is 5.96. The van der Waals surface area contributed by atoms with E-state index in [9.17, 15) is 9.90 Å². The van der Waals surface area contributed by atoms with Gasteiger partial charge in [0.05, 0.1) is 6.54 Å². The van der Waals surface area contributed by atoms with Gasteiger partial charge in [0, 0.05) is 25.7 Å². The zero-order valence-corrected chi connectivity index (χ0v) is 11.9. The molecule has 0 saturated heterocycles. The van der Waals surface area contributed by atoms with Crippen LogP contribution in [0.4, 0.5) is 0 Å². The molecule has 0 saturated carbocycles. The number of aliphatic hydroxyl groups excluding tert-OH is 1. The number of ether oxygens (including phenoxy) is 1. The van der Waals surface area contributed by atoms with Gasteiger partial charge in [0.25, 0.3) is 0 Å². The fourth-order valence-electron chi connectivity index (χ4n) is 1.31. The number of amides is 1. The van der Waals surface area contributed by atoms with Gasteiger partial charge in [-0.3, -0.25) is 4.79 Å². The van der Waals surface area contributed by atoms with Crippen molar-refractivity contribution in [1.29, 1.82) is 0 Å². The van der Waals surface area contributed by atoms with Crippen LogP contribution in [0.2, 0.25) is 5.02 Å². The summed E-state index contributed by atoms with van der Waals surface area (Å²) in [4.78, 5) is 12.8. The number of hydrogen-bond donors (Lipinski definition) is 2. The molecule has 1 atom stereocenters. The van der Waals surface area contributed by atoms with Gasteiger partial charge in [-0.15, -0.1) is 0 Å². The van der Waals surface area contributed by atoms with Crippen LogP contribution in [0.3, 0.4) is 0 Å². The molecule has 106 valence electrons. The lowest BCUT2D eigenvalue weighted by Crippen LogP contribution is -2.38. The number of hydrogen-bond acceptors (Lipinski definition) is 4. The molecule has 1 unspecified atom stereocenters. The average molecular weight is 287 g/mol. The van der Waals surface area contributed by atoms with Gasteiger partial charge in [-0.05, 0) is 18.2 Å². The normalized spacial score (nSPS) is 12.0. The van der Waals surface area contributed by atoms with Crippen LogP contribution in [0, 0.1) is 0 Å². The van der Waals surface area contributed by atoms with Crippen molar-refractivity contribution in [2.45, 2.75) is 6.10 Å². The predicted octanol–water partition coefficient (Wildman–Crippen LogP) is 0.758. The quantitative estimate of drug-likeness (QED) is 0.777. The molecular formula is C13H19ClN2O3. The second-order valence-corrected chi connectivity index (χ2v) is 4.78. The second kappa shape index (κ2) is 7.99. The highest BCUT2D eigenvalue weighted by Crippen LogP contribution is 2.17. The molecule has 1 aromatic carbocycles. The Hall–Kier alpha value is -1.30. The minimum Gasteiger partial charge on any atom is -0.491 e. The molecule has 0 radical (unpaired) electrons. The maximum absolute atomic E-state index is 11.3. The first-order valence-corrected chi connectivity index (χ1v) is 6.34. The van der Waals surface area contributed by atoms with E-state index in [1.165, 1.54) is 4.90 Å². The third kappa shape index (κ3) is 6.42. The summed E-state index contributed by atoms with van der Waals surface area (Å²) < 4.78 is 5.38. The standard InChI is InChI=1S/C13H19ClN2O3/c1-16(2)13(18)8-15-7-11(17)9-19-12-5-3-4-10(14)6-12/h3-6,11,15,17H,7-9H2,1-2H3. The summed E-state index contributed by atoms with van der Waals surface area (Å²) in [6, 6.07) is 6.97. The summed E-state index contributed by atoms with van der Waals surface area (Å²) in [5.41, 5.74) is 0. The van der Waals surface area contributed by atoms with E-state index >= 15 is 0 Å². The van der Waals surface area contributed by atoms with Crippen molar-refractivity contribution in [3.63, 3.8) is 0 Å². The summed E-state index contributed by atoms with van der Waals surface area (Å²) >= 11 is 5.81. The Bertz CT molecular complexity index is 413. The minimum atomic E-state index is -0.686. The monoisotopic (exact) mass is 286 g/mol. The van der Waals surface area contributed by atoms with E-state index in [4.69, 9.17) is 16.3 Å². The first kappa shape index (κ1) is 15.8. The third-order valence-corrected chi connectivity index (χ3v) is 2.63. The zero-order chi connectivity index (χ0) is 14.3. The molecule has 0 bridgehead atoms. The predicted molar refractivity (Wildman–Crippen MR) is 74.5 cm³/mol. The number of nitrogens with one attached hydrogen (secondary N) is 1. The molecule has 0 aliphatic carbocycles. The van der Waals surface area contributed by atoms with E-state index in [1.54, 1.807) is 38.4 Å². The molecule has 1 amide bonds. The molecule has 2 N–H and O–H groups in total. The maximum Gasteiger partial charge on any atom is 0.236 e. The Morgan fingerprint density at radius 1 is 1.53 bits per heavy atom. The van der Waals surface area contributed by atoms with E-state index in [-0.39, 0.29) is 19.1 Å². The van der Waals surface area contributed by atoms with Gasteiger partial charge < -0.3 is 20.1 Å². The van der Waals surface area contributed by atoms with E-state index in [0.29, 0.717) is 17.3 Å². The summed E-state index contributed by atoms with van der Waals surface area (Å²) in [5.74, 6) is 0.568. The van der Waals surface area contributed by atoms with Crippen molar-refractivity contribution in [3.8, 4) is 5.75 Å². The van der Waals surface area contributed by atoms with Crippen molar-refractivity contribution in [2.75, 3.05) is 33.8 Å². The number of likely N-dealkylation sites (N-methyl/N-ethyl adjacent to an activating group) is 1. The summed E-state index contributed by atoms with van der Waals surface area (Å²) in [7, 11) is 3.37. The number of rotatable bonds is 7. The highest BCUT2D eigenvalue weighted by atomic mass is 35.5. The Morgan fingerprint density at radius 3 is 2.89 bits per heavy atom. The lowest BCUT2D eigenvalue weighted by atomic mass is 10.3. The van der Waals surface area contributed by atoms with Gasteiger partial charge in [-0.2, -0.15) is 0 Å². The van der Waals surface area contributed by atoms with Crippen LogP contribution >= 0.6 is 11.6 Å². The molecule has 0 aliphatic rings. The van der Waals surface area contributed by atoms with Gasteiger partial charge in [0.1, 0.15) is 18.5 Å². The number of halogens is 1. The number of carbonyl (C=O) groups is 1. The molecule has 19 heavy (non-hydrogen) atoms. The molecule has 5 nitrogen and oxygen atoms in total. The Morgan fingerprint density at radius 2 is 2.26 bits per heavy atom. The second-order valence-electron chi connectivity index (χ2n) is 4.34.